The molecule has 0 spiro atoms. The minimum atomic E-state index is -0.623. The molecular weight excluding hydrogens is 360 g/mol. The van der Waals surface area contributed by atoms with Crippen LogP contribution in [0.1, 0.15) is 27.6 Å². The molecule has 0 atom stereocenters. The minimum absolute atomic E-state index is 0.0280. The highest BCUT2D eigenvalue weighted by molar-refractivity contribution is 5.92. The van der Waals surface area contributed by atoms with E-state index in [4.69, 9.17) is 14.2 Å². The number of carbonyl (C=O) groups is 2. The van der Waals surface area contributed by atoms with Crippen molar-refractivity contribution in [1.82, 2.24) is 0 Å². The van der Waals surface area contributed by atoms with Gasteiger partial charge in [0.25, 0.3) is 0 Å². The van der Waals surface area contributed by atoms with Crippen molar-refractivity contribution in [2.24, 2.45) is 0 Å². The van der Waals surface area contributed by atoms with Crippen LogP contribution in [0.15, 0.2) is 84.9 Å². The first kappa shape index (κ1) is 20.5. The molecule has 0 heterocycles. The topological polar surface area (TPSA) is 82.1 Å². The van der Waals surface area contributed by atoms with E-state index in [0.29, 0.717) is 11.3 Å². The molecule has 2 rings (SSSR count). The lowest BCUT2D eigenvalue weighted by atomic mass is 10.2. The second-order valence-electron chi connectivity index (χ2n) is 5.55. The van der Waals surface area contributed by atoms with Crippen LogP contribution in [0.3, 0.4) is 0 Å². The van der Waals surface area contributed by atoms with Gasteiger partial charge in [0, 0.05) is 0 Å². The van der Waals surface area contributed by atoms with Gasteiger partial charge in [0.05, 0.1) is 18.2 Å². The molecule has 2 aromatic rings. The molecular formula is C22H20O6. The lowest BCUT2D eigenvalue weighted by Crippen LogP contribution is -2.09. The number of allylic oxidation sites excluding steroid dienone is 3. The van der Waals surface area contributed by atoms with Crippen molar-refractivity contribution >= 4 is 11.9 Å². The Morgan fingerprint density at radius 1 is 0.893 bits per heavy atom. The number of carbonyl (C=O) groups excluding carboxylic acids is 2. The zero-order valence-corrected chi connectivity index (χ0v) is 15.5. The van der Waals surface area contributed by atoms with Gasteiger partial charge >= 0.3 is 11.9 Å². The van der Waals surface area contributed by atoms with Gasteiger partial charge in [-0.2, -0.15) is 0 Å². The first-order valence-electron chi connectivity index (χ1n) is 8.33. The van der Waals surface area contributed by atoms with Gasteiger partial charge in [-0.25, -0.2) is 9.59 Å². The summed E-state index contributed by atoms with van der Waals surface area (Å²) in [5, 5.41) is 9.31. The summed E-state index contributed by atoms with van der Waals surface area (Å²) >= 11 is 0. The van der Waals surface area contributed by atoms with E-state index in [1.807, 2.05) is 0 Å². The largest absolute Gasteiger partial charge is 0.508 e. The Kier molecular flexibility index (Phi) is 7.16. The molecule has 6 heteroatoms. The van der Waals surface area contributed by atoms with Gasteiger partial charge in [-0.05, 0) is 73.7 Å². The first-order chi connectivity index (χ1) is 13.4. The number of rotatable bonds is 7. The third-order valence-electron chi connectivity index (χ3n) is 3.59. The zero-order chi connectivity index (χ0) is 20.5. The summed E-state index contributed by atoms with van der Waals surface area (Å²) in [5.74, 6) is -0.123. The van der Waals surface area contributed by atoms with Crippen LogP contribution in [0.25, 0.3) is 0 Å². The highest BCUT2D eigenvalue weighted by Gasteiger charge is 2.11. The van der Waals surface area contributed by atoms with E-state index < -0.39 is 11.9 Å². The molecule has 0 aromatic heterocycles. The summed E-state index contributed by atoms with van der Waals surface area (Å²) in [6.07, 6.45) is 4.22. The molecule has 6 nitrogen and oxygen atoms in total. The van der Waals surface area contributed by atoms with Crippen LogP contribution in [0, 0.1) is 0 Å². The Morgan fingerprint density at radius 2 is 1.43 bits per heavy atom. The van der Waals surface area contributed by atoms with E-state index >= 15 is 0 Å². The molecule has 0 radical (unpaired) electrons. The molecule has 144 valence electrons. The Balaban J connectivity index is 1.96. The van der Waals surface area contributed by atoms with Crippen molar-refractivity contribution in [1.29, 1.82) is 0 Å². The molecule has 0 aliphatic heterocycles. The zero-order valence-electron chi connectivity index (χ0n) is 15.5. The van der Waals surface area contributed by atoms with E-state index in [9.17, 15) is 14.7 Å². The van der Waals surface area contributed by atoms with Crippen molar-refractivity contribution in [3.05, 3.63) is 96.0 Å². The van der Waals surface area contributed by atoms with Crippen molar-refractivity contribution in [2.75, 3.05) is 7.11 Å². The van der Waals surface area contributed by atoms with E-state index in [2.05, 4.69) is 6.58 Å². The number of hydrogen-bond acceptors (Lipinski definition) is 6. The van der Waals surface area contributed by atoms with Gasteiger partial charge in [-0.1, -0.05) is 6.58 Å². The summed E-state index contributed by atoms with van der Waals surface area (Å²) < 4.78 is 15.4. The quantitative estimate of drug-likeness (QED) is 0.327. The fourth-order valence-electron chi connectivity index (χ4n) is 2.04. The maximum atomic E-state index is 12.1. The fourth-order valence-corrected chi connectivity index (χ4v) is 2.04. The second-order valence-corrected chi connectivity index (χ2v) is 5.55. The standard InChI is InChI=1S/C22H20O6/c1-4-18(23)10-5-15(2)27-21(24)16-8-13-20(14-9-16)28-22(25)17-6-11-19(26-3)12-7-17/h4-14,23H,2H2,1,3H3/b10-5-,18-4+. The van der Waals surface area contributed by atoms with Gasteiger partial charge in [0.2, 0.25) is 0 Å². The molecule has 0 bridgehead atoms. The average Bonchev–Trinajstić information content (AvgIpc) is 2.72. The number of aliphatic hydroxyl groups is 1. The van der Waals surface area contributed by atoms with Crippen LogP contribution in [0.2, 0.25) is 0 Å². The molecule has 2 aromatic carbocycles. The first-order valence-corrected chi connectivity index (χ1v) is 8.33. The lowest BCUT2D eigenvalue weighted by Gasteiger charge is -2.07. The van der Waals surface area contributed by atoms with Gasteiger partial charge in [-0.3, -0.25) is 0 Å². The Morgan fingerprint density at radius 3 is 1.96 bits per heavy atom. The summed E-state index contributed by atoms with van der Waals surface area (Å²) in [7, 11) is 1.54. The smallest absolute Gasteiger partial charge is 0.343 e. The SMILES string of the molecule is C=C(/C=C\C(O)=C/C)OC(=O)c1ccc(OC(=O)c2ccc(OC)cc2)cc1. The molecule has 0 amide bonds. The number of hydrogen-bond donors (Lipinski definition) is 1. The van der Waals surface area contributed by atoms with Crippen molar-refractivity contribution < 1.29 is 28.9 Å². The third-order valence-corrected chi connectivity index (χ3v) is 3.59. The Labute approximate surface area is 163 Å². The fraction of sp³-hybridized carbons (Fsp3) is 0.0909. The van der Waals surface area contributed by atoms with Crippen LogP contribution >= 0.6 is 0 Å². The summed E-state index contributed by atoms with van der Waals surface area (Å²) in [6.45, 7) is 5.25. The highest BCUT2D eigenvalue weighted by Crippen LogP contribution is 2.17. The number of benzene rings is 2. The molecule has 1 N–H and O–H groups in total. The number of methoxy groups -OCH3 is 1. The van der Waals surface area contributed by atoms with Gasteiger partial charge in [0.1, 0.15) is 23.0 Å². The van der Waals surface area contributed by atoms with Crippen LogP contribution < -0.4 is 9.47 Å². The van der Waals surface area contributed by atoms with Gasteiger partial charge in [0.15, 0.2) is 0 Å². The lowest BCUT2D eigenvalue weighted by molar-refractivity contribution is 0.0638. The average molecular weight is 380 g/mol. The van der Waals surface area contributed by atoms with Crippen LogP contribution in [-0.2, 0) is 4.74 Å². The molecule has 0 aliphatic rings. The van der Waals surface area contributed by atoms with E-state index in [1.165, 1.54) is 49.6 Å². The predicted molar refractivity (Wildman–Crippen MR) is 104 cm³/mol. The molecule has 0 saturated heterocycles. The number of esters is 2. The maximum absolute atomic E-state index is 12.1. The van der Waals surface area contributed by atoms with Crippen LogP contribution in [-0.4, -0.2) is 24.2 Å². The second kappa shape index (κ2) is 9.78. The molecule has 0 unspecified atom stereocenters. The van der Waals surface area contributed by atoms with Gasteiger partial charge < -0.3 is 19.3 Å². The summed E-state index contributed by atoms with van der Waals surface area (Å²) in [4.78, 5) is 24.2. The molecule has 0 saturated carbocycles. The maximum Gasteiger partial charge on any atom is 0.343 e. The van der Waals surface area contributed by atoms with Crippen LogP contribution in [0.5, 0.6) is 11.5 Å². The molecule has 28 heavy (non-hydrogen) atoms. The monoisotopic (exact) mass is 380 g/mol. The predicted octanol–water partition coefficient (Wildman–Crippen LogP) is 4.60. The van der Waals surface area contributed by atoms with E-state index in [1.54, 1.807) is 31.2 Å². The van der Waals surface area contributed by atoms with Crippen molar-refractivity contribution in [2.45, 2.75) is 6.92 Å². The normalized spacial score (nSPS) is 11.1. The number of ether oxygens (including phenoxy) is 3. The Hall–Kier alpha value is -3.80. The van der Waals surface area contributed by atoms with E-state index in [-0.39, 0.29) is 22.8 Å². The summed E-state index contributed by atoms with van der Waals surface area (Å²) in [5.41, 5.74) is 0.630. The molecule has 0 aliphatic carbocycles. The summed E-state index contributed by atoms with van der Waals surface area (Å²) in [6, 6.07) is 12.4. The van der Waals surface area contributed by atoms with E-state index in [0.717, 1.165) is 0 Å². The number of aliphatic hydroxyl groups excluding tert-OH is 1. The highest BCUT2D eigenvalue weighted by atomic mass is 16.5. The van der Waals surface area contributed by atoms with Crippen LogP contribution in [0.4, 0.5) is 0 Å². The minimum Gasteiger partial charge on any atom is -0.508 e. The molecule has 0 fully saturated rings. The van der Waals surface area contributed by atoms with Crippen molar-refractivity contribution in [3.8, 4) is 11.5 Å². The Bertz CT molecular complexity index is 905. The third kappa shape index (κ3) is 5.88. The van der Waals surface area contributed by atoms with Crippen molar-refractivity contribution in [3.63, 3.8) is 0 Å². The van der Waals surface area contributed by atoms with Gasteiger partial charge in [-0.15, -0.1) is 0 Å².